The molecule has 0 unspecified atom stereocenters. The first kappa shape index (κ1) is 46.7. The molecule has 16 rings (SSSR count). The van der Waals surface area contributed by atoms with Crippen LogP contribution in [-0.2, 0) is 47.6 Å². The van der Waals surface area contributed by atoms with Crippen LogP contribution >= 0.6 is 0 Å². The normalized spacial score (nSPS) is 41.2. The van der Waals surface area contributed by atoms with Gasteiger partial charge in [0.05, 0.1) is 61.9 Å². The lowest BCUT2D eigenvalue weighted by atomic mass is 9.42. The highest BCUT2D eigenvalue weighted by molar-refractivity contribution is 6.08. The van der Waals surface area contributed by atoms with E-state index in [1.165, 1.54) is 28.4 Å². The number of ether oxygens (including phenoxy) is 6. The molecule has 0 radical (unpaired) electrons. The zero-order valence-electron chi connectivity index (χ0n) is 43.8. The minimum absolute atomic E-state index is 0.0869. The second-order valence-electron chi connectivity index (χ2n) is 24.9. The summed E-state index contributed by atoms with van der Waals surface area (Å²) in [7, 11) is 5.74. The number of nitrogens with one attached hydrogen (secondary N) is 2. The van der Waals surface area contributed by atoms with Gasteiger partial charge in [0.15, 0.2) is 22.4 Å². The molecule has 4 aromatic carbocycles. The van der Waals surface area contributed by atoms with Crippen LogP contribution in [0.2, 0.25) is 0 Å². The number of carbonyl (C=O) groups excluding carboxylic acids is 4. The van der Waals surface area contributed by atoms with Gasteiger partial charge in [-0.3, -0.25) is 0 Å². The molecule has 0 spiro atoms. The maximum Gasteiger partial charge on any atom is 0.338 e. The summed E-state index contributed by atoms with van der Waals surface area (Å²) < 4.78 is 38.7. The number of aromatic nitrogens is 2. The van der Waals surface area contributed by atoms with Crippen LogP contribution in [0.25, 0.3) is 43.6 Å². The molecule has 10 aliphatic rings. The molecule has 77 heavy (non-hydrogen) atoms. The summed E-state index contributed by atoms with van der Waals surface area (Å²) in [5.41, 5.74) is 0.0809. The number of fused-ring (bicyclic) bond motifs is 34. The molecular formula is C63H64N4O10. The Morgan fingerprint density at radius 2 is 0.727 bits per heavy atom. The van der Waals surface area contributed by atoms with Crippen molar-refractivity contribution in [2.24, 2.45) is 94.7 Å². The first-order valence-corrected chi connectivity index (χ1v) is 28.4. The highest BCUT2D eigenvalue weighted by atomic mass is 16.6. The summed E-state index contributed by atoms with van der Waals surface area (Å²) in [5.74, 6) is -4.50. The SMILES string of the molecule is COC(=O)[C@]12O[C@](C(=O)OC)([C@@H]3[C@@H]4C[C@@H](C[C@@H]4CCNc4c5ccccc5nc5ccccc45)[C@@H]31)[C@H]1[C@H]3C[C@@H]([C@H]12)[C@H]1[C@@H]3[C@@]2(C(=O)OC)O[C@]1(C(=O)OC)[C@@H]1[C@@H]3C[C@@H](C[C@@H]3CCNc3c4ccccc4nc4ccccc34)[C@@H]12. The second-order valence-corrected chi connectivity index (χ2v) is 24.9. The third kappa shape index (κ3) is 5.45. The number of hydrogen-bond acceptors (Lipinski definition) is 14. The van der Waals surface area contributed by atoms with Gasteiger partial charge < -0.3 is 39.1 Å². The van der Waals surface area contributed by atoms with Gasteiger partial charge in [-0.2, -0.15) is 0 Å². The Morgan fingerprint density at radius 1 is 0.429 bits per heavy atom. The molecule has 10 fully saturated rings. The molecule has 10 bridgehead atoms. The molecule has 0 amide bonds. The Labute approximate surface area is 446 Å². The van der Waals surface area contributed by atoms with E-state index in [4.69, 9.17) is 38.4 Å². The fourth-order valence-corrected chi connectivity index (χ4v) is 21.5. The minimum Gasteiger partial charge on any atom is -0.467 e. The quantitative estimate of drug-likeness (QED) is 0.0675. The number of para-hydroxylation sites is 4. The molecule has 2 N–H and O–H groups in total. The first-order valence-electron chi connectivity index (χ1n) is 28.4. The summed E-state index contributed by atoms with van der Waals surface area (Å²) in [6, 6.07) is 33.0. The summed E-state index contributed by atoms with van der Waals surface area (Å²) >= 11 is 0. The van der Waals surface area contributed by atoms with Gasteiger partial charge in [0.1, 0.15) is 0 Å². The van der Waals surface area contributed by atoms with Crippen LogP contribution < -0.4 is 10.6 Å². The first-order chi connectivity index (χ1) is 37.6. The number of benzene rings is 4. The Bertz CT molecular complexity index is 3220. The summed E-state index contributed by atoms with van der Waals surface area (Å²) in [5, 5.41) is 12.0. The maximum absolute atomic E-state index is 15.3. The predicted octanol–water partition coefficient (Wildman–Crippen LogP) is 9.02. The summed E-state index contributed by atoms with van der Waals surface area (Å²) in [6.07, 6.45) is 5.91. The molecule has 6 aliphatic carbocycles. The third-order valence-corrected chi connectivity index (χ3v) is 22.9. The number of hydrogen-bond donors (Lipinski definition) is 2. The maximum atomic E-state index is 15.3. The van der Waals surface area contributed by atoms with E-state index in [1.807, 2.05) is 48.5 Å². The predicted molar refractivity (Wildman–Crippen MR) is 285 cm³/mol. The summed E-state index contributed by atoms with van der Waals surface area (Å²) in [6.45, 7) is 1.43. The van der Waals surface area contributed by atoms with Crippen LogP contribution in [0.15, 0.2) is 97.1 Å². The zero-order valence-corrected chi connectivity index (χ0v) is 43.8. The van der Waals surface area contributed by atoms with E-state index in [0.717, 1.165) is 93.5 Å². The van der Waals surface area contributed by atoms with Gasteiger partial charge in [0.2, 0.25) is 0 Å². The molecular weight excluding hydrogens is 973 g/mol. The minimum atomic E-state index is -1.46. The van der Waals surface area contributed by atoms with Gasteiger partial charge in [-0.15, -0.1) is 0 Å². The number of pyridine rings is 2. The lowest BCUT2D eigenvalue weighted by Crippen LogP contribution is -2.68. The smallest absolute Gasteiger partial charge is 0.338 e. The number of methoxy groups -OCH3 is 4. The van der Waals surface area contributed by atoms with Crippen molar-refractivity contribution >= 4 is 78.9 Å². The van der Waals surface area contributed by atoms with E-state index in [0.29, 0.717) is 19.5 Å². The standard InChI is InChI=1S/C63H64N4O10/c1-72-56(68)60-46-32-25-30(21-23-64-54-34-13-5-9-17-42(34)66-43-18-10-6-14-35(43)54)38(27-32)48(46)62(76-60,58(70)74-3)52-41-29-40(50(52)60)53-51(41)61(57(69)73-2)47-33-26-31(39(28-33)49(47)63(53,77-61)59(71)75-4)22-24-65-55-36-15-7-11-19-44(36)67-45-20-12-8-16-37(45)55/h5-20,30-33,38-41,46-53H,21-29H2,1-4H3,(H,64,66)(H,65,67)/t30-,31-,32+,33+,38+,39+,40-,41-,46-,47-,48+,49+,50+,51+,52-,53-,60-,61-,62+,63+/m0/s1. The zero-order chi connectivity index (χ0) is 52.1. The molecule has 6 saturated carbocycles. The van der Waals surface area contributed by atoms with Crippen molar-refractivity contribution in [3.63, 3.8) is 0 Å². The van der Waals surface area contributed by atoms with Crippen molar-refractivity contribution in [2.45, 2.75) is 67.3 Å². The largest absolute Gasteiger partial charge is 0.467 e. The molecule has 6 heterocycles. The van der Waals surface area contributed by atoms with Gasteiger partial charge >= 0.3 is 23.9 Å². The number of nitrogens with zero attached hydrogens (tertiary/aromatic N) is 2. The molecule has 2 aromatic heterocycles. The summed E-state index contributed by atoms with van der Waals surface area (Å²) in [4.78, 5) is 70.9. The van der Waals surface area contributed by atoms with Gasteiger partial charge in [0.25, 0.3) is 0 Å². The Balaban J connectivity index is 0.742. The molecule has 6 aromatic rings. The van der Waals surface area contributed by atoms with Crippen molar-refractivity contribution in [1.82, 2.24) is 9.97 Å². The number of carbonyl (C=O) groups is 4. The second kappa shape index (κ2) is 16.1. The van der Waals surface area contributed by atoms with Gasteiger partial charge in [-0.1, -0.05) is 72.8 Å². The van der Waals surface area contributed by atoms with E-state index >= 15 is 19.2 Å². The van der Waals surface area contributed by atoms with Gasteiger partial charge in [-0.05, 0) is 117 Å². The molecule has 396 valence electrons. The molecule has 4 saturated heterocycles. The van der Waals surface area contributed by atoms with Crippen molar-refractivity contribution in [1.29, 1.82) is 0 Å². The van der Waals surface area contributed by atoms with Crippen molar-refractivity contribution in [3.8, 4) is 0 Å². The molecule has 14 nitrogen and oxygen atoms in total. The Hall–Kier alpha value is -6.38. The lowest BCUT2D eigenvalue weighted by Gasteiger charge is -2.57. The van der Waals surface area contributed by atoms with Gasteiger partial charge in [-0.25, -0.2) is 29.1 Å². The highest BCUT2D eigenvalue weighted by Crippen LogP contribution is 2.88. The van der Waals surface area contributed by atoms with E-state index < -0.39 is 70.0 Å². The van der Waals surface area contributed by atoms with Crippen LogP contribution in [0.4, 0.5) is 11.4 Å². The fraction of sp³-hybridized carbons (Fsp3) is 0.524. The molecule has 4 aliphatic heterocycles. The highest BCUT2D eigenvalue weighted by Gasteiger charge is 2.97. The fourth-order valence-electron chi connectivity index (χ4n) is 21.5. The average molecular weight is 1040 g/mol. The van der Waals surface area contributed by atoms with E-state index in [1.54, 1.807) is 0 Å². The van der Waals surface area contributed by atoms with Crippen molar-refractivity contribution < 1.29 is 47.6 Å². The Morgan fingerprint density at radius 3 is 1.05 bits per heavy atom. The van der Waals surface area contributed by atoms with Crippen LogP contribution in [-0.4, -0.2) is 97.8 Å². The van der Waals surface area contributed by atoms with E-state index in [9.17, 15) is 0 Å². The van der Waals surface area contributed by atoms with Gasteiger partial charge in [0, 0.05) is 82.0 Å². The van der Waals surface area contributed by atoms with Crippen LogP contribution in [0, 0.1) is 94.7 Å². The lowest BCUT2D eigenvalue weighted by molar-refractivity contribution is -0.193. The molecule has 14 heteroatoms. The monoisotopic (exact) mass is 1040 g/mol. The average Bonchev–Trinajstić information content (AvgIpc) is 2.20. The number of esters is 4. The van der Waals surface area contributed by atoms with Crippen LogP contribution in [0.1, 0.15) is 44.9 Å². The van der Waals surface area contributed by atoms with Crippen LogP contribution in [0.3, 0.4) is 0 Å². The van der Waals surface area contributed by atoms with E-state index in [2.05, 4.69) is 59.2 Å². The molecule has 20 atom stereocenters. The van der Waals surface area contributed by atoms with E-state index in [-0.39, 0.29) is 71.0 Å². The van der Waals surface area contributed by atoms with Crippen molar-refractivity contribution in [3.05, 3.63) is 97.1 Å². The van der Waals surface area contributed by atoms with Crippen LogP contribution in [0.5, 0.6) is 0 Å². The Kier molecular flexibility index (Phi) is 9.77. The number of anilines is 2. The van der Waals surface area contributed by atoms with Crippen molar-refractivity contribution in [2.75, 3.05) is 52.2 Å². The third-order valence-electron chi connectivity index (χ3n) is 22.9. The number of rotatable bonds is 12. The topological polar surface area (TPSA) is 174 Å².